The number of rotatable bonds is 7. The van der Waals surface area contributed by atoms with Gasteiger partial charge in [0.1, 0.15) is 23.1 Å². The molecule has 1 amide bonds. The predicted octanol–water partition coefficient (Wildman–Crippen LogP) is 3.99. The number of nitrogens with one attached hydrogen (secondary N) is 2. The molecule has 0 unspecified atom stereocenters. The Bertz CT molecular complexity index is 961. The fourth-order valence-electron chi connectivity index (χ4n) is 2.62. The number of ether oxygens (including phenoxy) is 1. The van der Waals surface area contributed by atoms with Gasteiger partial charge in [-0.15, -0.1) is 0 Å². The van der Waals surface area contributed by atoms with Crippen molar-refractivity contribution in [2.24, 2.45) is 0 Å². The van der Waals surface area contributed by atoms with Crippen LogP contribution in [-0.2, 0) is 13.1 Å². The molecule has 0 radical (unpaired) electrons. The Kier molecular flexibility index (Phi) is 6.45. The van der Waals surface area contributed by atoms with E-state index in [0.29, 0.717) is 35.4 Å². The average Bonchev–Trinajstić information content (AvgIpc) is 2.71. The van der Waals surface area contributed by atoms with E-state index in [2.05, 4.69) is 20.6 Å². The molecule has 1 heterocycles. The summed E-state index contributed by atoms with van der Waals surface area (Å²) in [5, 5.41) is 6.68. The van der Waals surface area contributed by atoms with Gasteiger partial charge >= 0.3 is 0 Å². The zero-order chi connectivity index (χ0) is 19.9. The van der Waals surface area contributed by atoms with E-state index in [4.69, 9.17) is 16.3 Å². The molecule has 2 aromatic carbocycles. The first kappa shape index (κ1) is 19.6. The second-order valence-electron chi connectivity index (χ2n) is 6.16. The molecule has 0 aliphatic heterocycles. The summed E-state index contributed by atoms with van der Waals surface area (Å²) in [6.45, 7) is 2.65. The van der Waals surface area contributed by atoms with Crippen molar-refractivity contribution in [3.05, 3.63) is 82.3 Å². The molecule has 0 saturated heterocycles. The van der Waals surface area contributed by atoms with Crippen LogP contribution in [0.15, 0.2) is 54.6 Å². The van der Waals surface area contributed by atoms with Crippen LogP contribution in [0, 0.1) is 6.92 Å². The Balaban J connectivity index is 1.64. The quantitative estimate of drug-likeness (QED) is 0.631. The number of carbonyl (C=O) groups excluding carboxylic acids is 1. The Morgan fingerprint density at radius 3 is 2.54 bits per heavy atom. The van der Waals surface area contributed by atoms with Gasteiger partial charge in [0.15, 0.2) is 0 Å². The smallest absolute Gasteiger partial charge is 0.270 e. The van der Waals surface area contributed by atoms with E-state index < -0.39 is 0 Å². The van der Waals surface area contributed by atoms with E-state index in [1.165, 1.54) is 0 Å². The summed E-state index contributed by atoms with van der Waals surface area (Å²) in [5.74, 6) is 1.63. The minimum Gasteiger partial charge on any atom is -0.497 e. The number of nitrogens with zero attached hydrogens (tertiary/aromatic N) is 2. The van der Waals surface area contributed by atoms with Gasteiger partial charge in [-0.1, -0.05) is 41.9 Å². The van der Waals surface area contributed by atoms with Crippen LogP contribution in [0.1, 0.15) is 27.4 Å². The van der Waals surface area contributed by atoms with Crippen molar-refractivity contribution in [3.8, 4) is 5.75 Å². The van der Waals surface area contributed by atoms with Crippen molar-refractivity contribution in [1.82, 2.24) is 15.3 Å². The molecule has 6 nitrogen and oxygen atoms in total. The topological polar surface area (TPSA) is 76.1 Å². The van der Waals surface area contributed by atoms with Gasteiger partial charge in [0.05, 0.1) is 7.11 Å². The number of aromatic nitrogens is 2. The molecular weight excluding hydrogens is 376 g/mol. The highest BCUT2D eigenvalue weighted by atomic mass is 35.5. The Morgan fingerprint density at radius 2 is 1.82 bits per heavy atom. The number of carbonyl (C=O) groups is 1. The maximum atomic E-state index is 12.5. The standard InChI is InChI=1S/C21H21ClN4O2/c1-14-25-19(21(27)24-13-16-5-3-4-6-18(16)22)11-20(26-14)23-12-15-7-9-17(28-2)10-8-15/h3-11H,12-13H2,1-2H3,(H,24,27)(H,23,25,26). The van der Waals surface area contributed by atoms with E-state index >= 15 is 0 Å². The van der Waals surface area contributed by atoms with Crippen LogP contribution >= 0.6 is 11.6 Å². The molecule has 0 atom stereocenters. The van der Waals surface area contributed by atoms with Crippen LogP contribution < -0.4 is 15.4 Å². The second kappa shape index (κ2) is 9.19. The number of methoxy groups -OCH3 is 1. The van der Waals surface area contributed by atoms with Crippen molar-refractivity contribution in [1.29, 1.82) is 0 Å². The molecule has 0 saturated carbocycles. The molecule has 28 heavy (non-hydrogen) atoms. The van der Waals surface area contributed by atoms with Gasteiger partial charge in [0.25, 0.3) is 5.91 Å². The molecule has 1 aromatic heterocycles. The molecule has 0 aliphatic rings. The van der Waals surface area contributed by atoms with Gasteiger partial charge in [-0.3, -0.25) is 4.79 Å². The maximum Gasteiger partial charge on any atom is 0.270 e. The van der Waals surface area contributed by atoms with Crippen LogP contribution in [0.3, 0.4) is 0 Å². The lowest BCUT2D eigenvalue weighted by atomic mass is 10.2. The molecule has 0 bridgehead atoms. The third-order valence-corrected chi connectivity index (χ3v) is 4.47. The first-order valence-electron chi connectivity index (χ1n) is 8.79. The van der Waals surface area contributed by atoms with Crippen LogP contribution in [0.5, 0.6) is 5.75 Å². The first-order chi connectivity index (χ1) is 13.5. The third-order valence-electron chi connectivity index (χ3n) is 4.10. The van der Waals surface area contributed by atoms with E-state index in [9.17, 15) is 4.79 Å². The number of anilines is 1. The molecule has 3 aromatic rings. The van der Waals surface area contributed by atoms with Crippen LogP contribution in [0.2, 0.25) is 5.02 Å². The normalized spacial score (nSPS) is 10.4. The average molecular weight is 397 g/mol. The number of halogens is 1. The summed E-state index contributed by atoms with van der Waals surface area (Å²) >= 11 is 6.13. The number of benzene rings is 2. The SMILES string of the molecule is COc1ccc(CNc2cc(C(=O)NCc3ccccc3Cl)nc(C)n2)cc1. The van der Waals surface area contributed by atoms with E-state index in [-0.39, 0.29) is 5.91 Å². The van der Waals surface area contributed by atoms with Crippen molar-refractivity contribution in [2.75, 3.05) is 12.4 Å². The lowest BCUT2D eigenvalue weighted by molar-refractivity contribution is 0.0945. The monoisotopic (exact) mass is 396 g/mol. The van der Waals surface area contributed by atoms with Crippen LogP contribution in [0.4, 0.5) is 5.82 Å². The zero-order valence-electron chi connectivity index (χ0n) is 15.7. The van der Waals surface area contributed by atoms with Gasteiger partial charge < -0.3 is 15.4 Å². The molecule has 0 aliphatic carbocycles. The highest BCUT2D eigenvalue weighted by Gasteiger charge is 2.11. The highest BCUT2D eigenvalue weighted by molar-refractivity contribution is 6.31. The van der Waals surface area contributed by atoms with Crippen molar-refractivity contribution < 1.29 is 9.53 Å². The Labute approximate surface area is 168 Å². The fourth-order valence-corrected chi connectivity index (χ4v) is 2.82. The summed E-state index contributed by atoms with van der Waals surface area (Å²) < 4.78 is 5.16. The van der Waals surface area contributed by atoms with Crippen molar-refractivity contribution in [3.63, 3.8) is 0 Å². The Morgan fingerprint density at radius 1 is 1.07 bits per heavy atom. The molecule has 144 valence electrons. The van der Waals surface area contributed by atoms with Gasteiger partial charge in [0.2, 0.25) is 0 Å². The van der Waals surface area contributed by atoms with E-state index in [1.54, 1.807) is 26.2 Å². The second-order valence-corrected chi connectivity index (χ2v) is 6.57. The summed E-state index contributed by atoms with van der Waals surface area (Å²) in [5.41, 5.74) is 2.22. The van der Waals surface area contributed by atoms with Crippen LogP contribution in [0.25, 0.3) is 0 Å². The van der Waals surface area contributed by atoms with E-state index in [0.717, 1.165) is 16.9 Å². The first-order valence-corrected chi connectivity index (χ1v) is 9.17. The van der Waals surface area contributed by atoms with Crippen molar-refractivity contribution >= 4 is 23.3 Å². The predicted molar refractivity (Wildman–Crippen MR) is 110 cm³/mol. The lowest BCUT2D eigenvalue weighted by Crippen LogP contribution is -2.24. The summed E-state index contributed by atoms with van der Waals surface area (Å²) in [4.78, 5) is 21.1. The van der Waals surface area contributed by atoms with Crippen molar-refractivity contribution in [2.45, 2.75) is 20.0 Å². The fraction of sp³-hybridized carbons (Fsp3) is 0.190. The maximum absolute atomic E-state index is 12.5. The highest BCUT2D eigenvalue weighted by Crippen LogP contribution is 2.15. The van der Waals surface area contributed by atoms with Gasteiger partial charge in [0, 0.05) is 24.2 Å². The molecule has 7 heteroatoms. The molecular formula is C21H21ClN4O2. The van der Waals surface area contributed by atoms with E-state index in [1.807, 2.05) is 42.5 Å². The molecule has 0 spiro atoms. The lowest BCUT2D eigenvalue weighted by Gasteiger charge is -2.10. The molecule has 0 fully saturated rings. The largest absolute Gasteiger partial charge is 0.497 e. The van der Waals surface area contributed by atoms with Gasteiger partial charge in [-0.25, -0.2) is 9.97 Å². The van der Waals surface area contributed by atoms with Gasteiger partial charge in [-0.2, -0.15) is 0 Å². The number of hydrogen-bond acceptors (Lipinski definition) is 5. The molecule has 3 rings (SSSR count). The number of aryl methyl sites for hydroxylation is 1. The molecule has 2 N–H and O–H groups in total. The zero-order valence-corrected chi connectivity index (χ0v) is 16.5. The Hall–Kier alpha value is -3.12. The number of hydrogen-bond donors (Lipinski definition) is 2. The summed E-state index contributed by atoms with van der Waals surface area (Å²) in [6.07, 6.45) is 0. The minimum absolute atomic E-state index is 0.280. The van der Waals surface area contributed by atoms with Gasteiger partial charge in [-0.05, 0) is 36.2 Å². The minimum atomic E-state index is -0.280. The summed E-state index contributed by atoms with van der Waals surface area (Å²) in [6, 6.07) is 16.8. The third kappa shape index (κ3) is 5.20. The summed E-state index contributed by atoms with van der Waals surface area (Å²) in [7, 11) is 1.63. The van der Waals surface area contributed by atoms with Crippen LogP contribution in [-0.4, -0.2) is 23.0 Å². The number of amides is 1.